The van der Waals surface area contributed by atoms with Crippen molar-refractivity contribution in [2.75, 3.05) is 32.2 Å². The molecule has 0 aliphatic carbocycles. The third-order valence-electron chi connectivity index (χ3n) is 5.53. The lowest BCUT2D eigenvalue weighted by atomic mass is 9.97. The van der Waals surface area contributed by atoms with Crippen molar-refractivity contribution in [3.63, 3.8) is 0 Å². The van der Waals surface area contributed by atoms with E-state index >= 15 is 0 Å². The number of thioether (sulfide) groups is 1. The number of benzene rings is 1. The normalized spacial score (nSPS) is 18.6. The van der Waals surface area contributed by atoms with Crippen molar-refractivity contribution in [1.82, 2.24) is 10.2 Å². The van der Waals surface area contributed by atoms with Gasteiger partial charge in [0.05, 0.1) is 12.0 Å². The number of carbonyl (C=O) groups excluding carboxylic acids is 5. The molecule has 1 aromatic rings. The number of esters is 2. The van der Waals surface area contributed by atoms with Gasteiger partial charge in [0.1, 0.15) is 36.9 Å². The summed E-state index contributed by atoms with van der Waals surface area (Å²) in [4.78, 5) is 62.4. The predicted octanol–water partition coefficient (Wildman–Crippen LogP) is 1.72. The highest BCUT2D eigenvalue weighted by molar-refractivity contribution is 8.00. The van der Waals surface area contributed by atoms with E-state index in [9.17, 15) is 24.0 Å². The smallest absolute Gasteiger partial charge is 0.407 e. The van der Waals surface area contributed by atoms with Gasteiger partial charge in [-0.15, -0.1) is 11.8 Å². The number of nitrogens with two attached hydrogens (primary N) is 1. The number of amides is 3. The van der Waals surface area contributed by atoms with E-state index in [4.69, 9.17) is 24.7 Å². The standard InChI is InChI=1S/C25H31N3O9S/c1-25(2,3)22(31)35-12-11-34-21(30)18-16(13-37-23(26)32)14-38-20-17(19(29)28(18)20)27-24(33)36-10-9-15-7-5-4-6-8-15/h4-8,17,20H,9-14H2,1-3H3,(H2,26,32)(H,27,33)/t17-,20-/m1/s1. The maximum Gasteiger partial charge on any atom is 0.407 e. The SMILES string of the molecule is CC(C)(C)C(=O)OCCOC(=O)C1=C(COC(N)=O)CS[C@@H]2[C@H](NC(=O)OCCc3ccccc3)C(=O)N12. The van der Waals surface area contributed by atoms with Crippen LogP contribution in [-0.4, -0.2) is 78.5 Å². The molecule has 2 atom stereocenters. The monoisotopic (exact) mass is 549 g/mol. The van der Waals surface area contributed by atoms with Crippen molar-refractivity contribution in [2.45, 2.75) is 38.6 Å². The van der Waals surface area contributed by atoms with E-state index in [-0.39, 0.29) is 37.9 Å². The van der Waals surface area contributed by atoms with Gasteiger partial charge in [-0.05, 0) is 26.3 Å². The van der Waals surface area contributed by atoms with Crippen molar-refractivity contribution in [1.29, 1.82) is 0 Å². The summed E-state index contributed by atoms with van der Waals surface area (Å²) in [7, 11) is 0. The minimum absolute atomic E-state index is 0.0994. The van der Waals surface area contributed by atoms with Crippen molar-refractivity contribution < 1.29 is 42.9 Å². The summed E-state index contributed by atoms with van der Waals surface area (Å²) in [5.41, 5.74) is 5.56. The molecule has 2 heterocycles. The number of ether oxygens (including phenoxy) is 4. The molecule has 0 saturated carbocycles. The first-order chi connectivity index (χ1) is 18.0. The number of carbonyl (C=O) groups is 5. The van der Waals surface area contributed by atoms with Gasteiger partial charge in [0.15, 0.2) is 0 Å². The van der Waals surface area contributed by atoms with Gasteiger partial charge in [-0.2, -0.15) is 0 Å². The Kier molecular flexibility index (Phi) is 9.61. The molecule has 0 bridgehead atoms. The van der Waals surface area contributed by atoms with Crippen LogP contribution in [0.1, 0.15) is 26.3 Å². The third-order valence-corrected chi connectivity index (χ3v) is 6.87. The van der Waals surface area contributed by atoms with Crippen LogP contribution in [0.15, 0.2) is 41.6 Å². The van der Waals surface area contributed by atoms with Gasteiger partial charge < -0.3 is 30.0 Å². The topological polar surface area (TPSA) is 164 Å². The molecule has 3 rings (SSSR count). The minimum atomic E-state index is -1.04. The van der Waals surface area contributed by atoms with E-state index in [0.717, 1.165) is 5.56 Å². The fourth-order valence-corrected chi connectivity index (χ4v) is 4.90. The molecule has 3 amide bonds. The number of nitrogens with one attached hydrogen (secondary N) is 1. The van der Waals surface area contributed by atoms with Gasteiger partial charge in [-0.1, -0.05) is 30.3 Å². The Morgan fingerprint density at radius 2 is 1.71 bits per heavy atom. The summed E-state index contributed by atoms with van der Waals surface area (Å²) in [5.74, 6) is -1.65. The first-order valence-electron chi connectivity index (χ1n) is 11.9. The van der Waals surface area contributed by atoms with Crippen molar-refractivity contribution in [3.05, 3.63) is 47.2 Å². The largest absolute Gasteiger partial charge is 0.462 e. The van der Waals surface area contributed by atoms with Crippen molar-refractivity contribution in [2.24, 2.45) is 11.1 Å². The molecule has 38 heavy (non-hydrogen) atoms. The van der Waals surface area contributed by atoms with Crippen molar-refractivity contribution >= 4 is 41.8 Å². The maximum absolute atomic E-state index is 13.0. The van der Waals surface area contributed by atoms with Crippen LogP contribution in [0.4, 0.5) is 9.59 Å². The maximum atomic E-state index is 13.0. The molecule has 0 unspecified atom stereocenters. The van der Waals surface area contributed by atoms with Crippen LogP contribution in [0.5, 0.6) is 0 Å². The molecule has 1 aromatic carbocycles. The van der Waals surface area contributed by atoms with Gasteiger partial charge in [0.2, 0.25) is 0 Å². The molecule has 3 N–H and O–H groups in total. The molecule has 0 aromatic heterocycles. The first-order valence-corrected chi connectivity index (χ1v) is 12.9. The number of β-lactam (4-membered cyclic amide) rings is 1. The molecule has 12 nitrogen and oxygen atoms in total. The molecule has 0 radical (unpaired) electrons. The van der Waals surface area contributed by atoms with Gasteiger partial charge in [0.25, 0.3) is 5.91 Å². The van der Waals surface area contributed by atoms with E-state index in [1.165, 1.54) is 16.7 Å². The van der Waals surface area contributed by atoms with Crippen LogP contribution in [-0.2, 0) is 39.8 Å². The summed E-state index contributed by atoms with van der Waals surface area (Å²) < 4.78 is 20.4. The number of nitrogens with zero attached hydrogens (tertiary/aromatic N) is 1. The number of fused-ring (bicyclic) bond motifs is 1. The van der Waals surface area contributed by atoms with E-state index < -0.39 is 46.9 Å². The van der Waals surface area contributed by atoms with Crippen LogP contribution in [0, 0.1) is 5.41 Å². The Balaban J connectivity index is 1.59. The number of hydrogen-bond donors (Lipinski definition) is 2. The lowest BCUT2D eigenvalue weighted by Crippen LogP contribution is -2.70. The van der Waals surface area contributed by atoms with E-state index in [2.05, 4.69) is 5.32 Å². The first kappa shape index (κ1) is 28.8. The molecular weight excluding hydrogens is 518 g/mol. The lowest BCUT2D eigenvalue weighted by molar-refractivity contribution is -0.158. The van der Waals surface area contributed by atoms with Crippen molar-refractivity contribution in [3.8, 4) is 0 Å². The Bertz CT molecular complexity index is 1100. The zero-order valence-corrected chi connectivity index (χ0v) is 22.2. The summed E-state index contributed by atoms with van der Waals surface area (Å²) >= 11 is 1.27. The molecule has 2 aliphatic heterocycles. The Hall–Kier alpha value is -3.74. The molecule has 13 heteroatoms. The van der Waals surface area contributed by atoms with Gasteiger partial charge in [-0.3, -0.25) is 14.5 Å². The zero-order valence-electron chi connectivity index (χ0n) is 21.4. The van der Waals surface area contributed by atoms with Crippen LogP contribution in [0.3, 0.4) is 0 Å². The molecule has 1 fully saturated rings. The fraction of sp³-hybridized carbons (Fsp3) is 0.480. The van der Waals surface area contributed by atoms with Crippen LogP contribution < -0.4 is 11.1 Å². The fourth-order valence-electron chi connectivity index (χ4n) is 3.57. The second kappa shape index (κ2) is 12.7. The third kappa shape index (κ3) is 7.40. The number of primary amides is 1. The molecule has 2 aliphatic rings. The Morgan fingerprint density at radius 3 is 2.37 bits per heavy atom. The Morgan fingerprint density at radius 1 is 1.03 bits per heavy atom. The average molecular weight is 550 g/mol. The molecule has 0 spiro atoms. The van der Waals surface area contributed by atoms with Crippen LogP contribution in [0.2, 0.25) is 0 Å². The summed E-state index contributed by atoms with van der Waals surface area (Å²) in [6.07, 6.45) is -1.28. The Labute approximate surface area is 224 Å². The second-order valence-electron chi connectivity index (χ2n) is 9.49. The quantitative estimate of drug-likeness (QED) is 0.190. The van der Waals surface area contributed by atoms with Gasteiger partial charge >= 0.3 is 24.1 Å². The lowest BCUT2D eigenvalue weighted by Gasteiger charge is -2.49. The highest BCUT2D eigenvalue weighted by atomic mass is 32.2. The van der Waals surface area contributed by atoms with Gasteiger partial charge in [0, 0.05) is 17.7 Å². The van der Waals surface area contributed by atoms with E-state index in [0.29, 0.717) is 12.0 Å². The van der Waals surface area contributed by atoms with Crippen LogP contribution >= 0.6 is 11.8 Å². The summed E-state index contributed by atoms with van der Waals surface area (Å²) in [5, 5.41) is 1.95. The summed E-state index contributed by atoms with van der Waals surface area (Å²) in [6, 6.07) is 8.56. The second-order valence-corrected chi connectivity index (χ2v) is 10.6. The average Bonchev–Trinajstić information content (AvgIpc) is 2.87. The number of rotatable bonds is 10. The van der Waals surface area contributed by atoms with E-state index in [1.807, 2.05) is 30.3 Å². The van der Waals surface area contributed by atoms with Gasteiger partial charge in [-0.25, -0.2) is 14.4 Å². The minimum Gasteiger partial charge on any atom is -0.462 e. The zero-order chi connectivity index (χ0) is 27.9. The van der Waals surface area contributed by atoms with Crippen LogP contribution in [0.25, 0.3) is 0 Å². The molecule has 1 saturated heterocycles. The molecular formula is C25H31N3O9S. The predicted molar refractivity (Wildman–Crippen MR) is 135 cm³/mol. The molecule has 206 valence electrons. The highest BCUT2D eigenvalue weighted by Crippen LogP contribution is 2.40. The number of alkyl carbamates (subject to hydrolysis) is 1. The van der Waals surface area contributed by atoms with E-state index in [1.54, 1.807) is 20.8 Å². The number of hydrogen-bond acceptors (Lipinski definition) is 10. The highest BCUT2D eigenvalue weighted by Gasteiger charge is 2.54. The summed E-state index contributed by atoms with van der Waals surface area (Å²) in [6.45, 7) is 4.46.